The molecule has 2 N–H and O–H groups in total. The van der Waals surface area contributed by atoms with Gasteiger partial charge in [0.25, 0.3) is 0 Å². The van der Waals surface area contributed by atoms with Gasteiger partial charge in [-0.1, -0.05) is 71.4 Å². The van der Waals surface area contributed by atoms with Crippen molar-refractivity contribution in [3.63, 3.8) is 0 Å². The highest BCUT2D eigenvalue weighted by Gasteiger charge is 2.27. The second kappa shape index (κ2) is 8.05. The van der Waals surface area contributed by atoms with Gasteiger partial charge in [0.1, 0.15) is 11.7 Å². The molecule has 0 fully saturated rings. The molecule has 3 rings (SSSR count). The molecule has 0 bridgehead atoms. The average molecular weight is 422 g/mol. The summed E-state index contributed by atoms with van der Waals surface area (Å²) in [4.78, 5) is 1.79. The summed E-state index contributed by atoms with van der Waals surface area (Å²) in [5.74, 6) is 0.940. The smallest absolute Gasteiger partial charge is 0.138 e. The van der Waals surface area contributed by atoms with Crippen molar-refractivity contribution < 1.29 is 0 Å². The number of hydrogen-bond acceptors (Lipinski definition) is 2. The van der Waals surface area contributed by atoms with Crippen molar-refractivity contribution in [3.05, 3.63) is 87.4 Å². The summed E-state index contributed by atoms with van der Waals surface area (Å²) in [7, 11) is 0. The quantitative estimate of drug-likeness (QED) is 0.437. The first-order chi connectivity index (χ1) is 12.9. The maximum Gasteiger partial charge on any atom is 0.138 e. The van der Waals surface area contributed by atoms with Gasteiger partial charge in [-0.2, -0.15) is 0 Å². The Kier molecular flexibility index (Phi) is 5.76. The molecule has 0 radical (unpaired) electrons. The van der Waals surface area contributed by atoms with Crippen LogP contribution in [-0.2, 0) is 0 Å². The lowest BCUT2D eigenvalue weighted by molar-refractivity contribution is 0.710. The number of amidine groups is 2. The van der Waals surface area contributed by atoms with Gasteiger partial charge in [-0.25, -0.2) is 0 Å². The second-order valence-corrected chi connectivity index (χ2v) is 7.89. The number of halogens is 1. The second-order valence-electron chi connectivity index (χ2n) is 6.97. The van der Waals surface area contributed by atoms with Crippen LogP contribution in [0.5, 0.6) is 0 Å². The molecule has 0 saturated carbocycles. The molecule has 0 heterocycles. The van der Waals surface area contributed by atoms with Gasteiger partial charge in [-0.3, -0.25) is 15.7 Å². The van der Waals surface area contributed by atoms with E-state index in [1.54, 1.807) is 4.90 Å². The summed E-state index contributed by atoms with van der Waals surface area (Å²) < 4.78 is 1.01. The summed E-state index contributed by atoms with van der Waals surface area (Å²) in [6.45, 7) is 6.20. The lowest BCUT2D eigenvalue weighted by Crippen LogP contribution is -2.40. The van der Waals surface area contributed by atoms with Crippen LogP contribution in [0.2, 0.25) is 0 Å². The summed E-state index contributed by atoms with van der Waals surface area (Å²) in [5, 5.41) is 17.9. The molecule has 1 aliphatic carbocycles. The molecule has 4 heteroatoms. The van der Waals surface area contributed by atoms with Crippen LogP contribution in [0.3, 0.4) is 0 Å². The van der Waals surface area contributed by atoms with Crippen LogP contribution >= 0.6 is 15.9 Å². The fraction of sp³-hybridized carbons (Fsp3) is 0.217. The molecule has 2 aromatic rings. The number of nitrogens with zero attached hydrogens (tertiary/aromatic N) is 1. The third-order valence-corrected chi connectivity index (χ3v) is 5.34. The zero-order valence-electron chi connectivity index (χ0n) is 15.9. The first kappa shape index (κ1) is 19.3. The Hall–Kier alpha value is -2.46. The molecular weight excluding hydrogens is 398 g/mol. The summed E-state index contributed by atoms with van der Waals surface area (Å²) in [6.07, 6.45) is 7.06. The number of anilines is 1. The predicted octanol–water partition coefficient (Wildman–Crippen LogP) is 6.40. The van der Waals surface area contributed by atoms with E-state index in [0.29, 0.717) is 11.7 Å². The number of benzene rings is 2. The van der Waals surface area contributed by atoms with Gasteiger partial charge < -0.3 is 0 Å². The molecule has 27 heavy (non-hydrogen) atoms. The molecule has 0 saturated heterocycles. The van der Waals surface area contributed by atoms with Crippen molar-refractivity contribution in [1.29, 1.82) is 10.8 Å². The Morgan fingerprint density at radius 2 is 1.67 bits per heavy atom. The van der Waals surface area contributed by atoms with Gasteiger partial charge in [0.2, 0.25) is 0 Å². The van der Waals surface area contributed by atoms with Crippen molar-refractivity contribution in [1.82, 2.24) is 0 Å². The number of nitrogens with one attached hydrogen (secondary N) is 2. The topological polar surface area (TPSA) is 50.9 Å². The third kappa shape index (κ3) is 3.96. The monoisotopic (exact) mass is 421 g/mol. The first-order valence-corrected chi connectivity index (χ1v) is 9.86. The van der Waals surface area contributed by atoms with Crippen LogP contribution in [0.1, 0.15) is 30.0 Å². The minimum atomic E-state index is 0.254. The van der Waals surface area contributed by atoms with Gasteiger partial charge in [0.15, 0.2) is 0 Å². The fourth-order valence-electron chi connectivity index (χ4n) is 3.50. The highest BCUT2D eigenvalue weighted by Crippen LogP contribution is 2.33. The molecule has 1 atom stereocenters. The van der Waals surface area contributed by atoms with Crippen LogP contribution < -0.4 is 4.90 Å². The van der Waals surface area contributed by atoms with Gasteiger partial charge >= 0.3 is 0 Å². The van der Waals surface area contributed by atoms with E-state index in [-0.39, 0.29) is 5.92 Å². The number of hydrogen-bond donors (Lipinski definition) is 2. The van der Waals surface area contributed by atoms with Crippen LogP contribution in [0.25, 0.3) is 0 Å². The molecule has 1 aliphatic rings. The summed E-state index contributed by atoms with van der Waals surface area (Å²) >= 11 is 3.56. The number of rotatable bonds is 3. The molecular formula is C23H24BrN3. The van der Waals surface area contributed by atoms with Crippen LogP contribution in [0.15, 0.2) is 70.7 Å². The van der Waals surface area contributed by atoms with Gasteiger partial charge in [-0.15, -0.1) is 0 Å². The summed E-state index contributed by atoms with van der Waals surface area (Å²) in [6, 6.07) is 13.7. The SMILES string of the molecule is Cc1cc(Br)cc(C)c1N(C(=N)C1=CC=CCC1C)C(=N)c1ccccc1. The largest absolute Gasteiger partial charge is 0.284 e. The van der Waals surface area contributed by atoms with E-state index in [4.69, 9.17) is 10.8 Å². The molecule has 0 spiro atoms. The molecule has 1 unspecified atom stereocenters. The normalized spacial score (nSPS) is 16.0. The van der Waals surface area contributed by atoms with Gasteiger partial charge in [-0.05, 0) is 55.0 Å². The Morgan fingerprint density at radius 3 is 2.26 bits per heavy atom. The van der Waals surface area contributed by atoms with E-state index in [9.17, 15) is 0 Å². The minimum Gasteiger partial charge on any atom is -0.284 e. The highest BCUT2D eigenvalue weighted by atomic mass is 79.9. The van der Waals surface area contributed by atoms with E-state index in [2.05, 4.69) is 28.9 Å². The van der Waals surface area contributed by atoms with E-state index in [0.717, 1.165) is 38.8 Å². The Morgan fingerprint density at radius 1 is 1.04 bits per heavy atom. The molecule has 0 aromatic heterocycles. The molecule has 2 aromatic carbocycles. The van der Waals surface area contributed by atoms with E-state index in [1.165, 1.54) is 0 Å². The average Bonchev–Trinajstić information content (AvgIpc) is 2.64. The van der Waals surface area contributed by atoms with Crippen molar-refractivity contribution in [2.45, 2.75) is 27.2 Å². The lowest BCUT2D eigenvalue weighted by Gasteiger charge is -2.32. The van der Waals surface area contributed by atoms with Gasteiger partial charge in [0.05, 0.1) is 5.69 Å². The fourth-order valence-corrected chi connectivity index (χ4v) is 4.19. The van der Waals surface area contributed by atoms with Crippen molar-refractivity contribution in [2.75, 3.05) is 4.90 Å². The highest BCUT2D eigenvalue weighted by molar-refractivity contribution is 9.10. The van der Waals surface area contributed by atoms with Crippen LogP contribution in [0.4, 0.5) is 5.69 Å². The molecule has 0 aliphatic heterocycles. The predicted molar refractivity (Wildman–Crippen MR) is 118 cm³/mol. The zero-order valence-corrected chi connectivity index (χ0v) is 17.5. The van der Waals surface area contributed by atoms with E-state index in [1.807, 2.05) is 68.5 Å². The molecule has 138 valence electrons. The lowest BCUT2D eigenvalue weighted by atomic mass is 9.91. The Bertz CT molecular complexity index is 918. The Balaban J connectivity index is 2.16. The maximum absolute atomic E-state index is 9.01. The maximum atomic E-state index is 9.01. The van der Waals surface area contributed by atoms with Gasteiger partial charge in [0, 0.05) is 10.0 Å². The Labute approximate surface area is 169 Å². The number of aryl methyl sites for hydroxylation is 2. The van der Waals surface area contributed by atoms with Crippen LogP contribution in [0, 0.1) is 30.6 Å². The first-order valence-electron chi connectivity index (χ1n) is 9.06. The van der Waals surface area contributed by atoms with E-state index >= 15 is 0 Å². The van der Waals surface area contributed by atoms with Crippen molar-refractivity contribution in [3.8, 4) is 0 Å². The summed E-state index contributed by atoms with van der Waals surface area (Å²) in [5.41, 5.74) is 4.72. The molecule has 3 nitrogen and oxygen atoms in total. The van der Waals surface area contributed by atoms with Crippen molar-refractivity contribution >= 4 is 33.3 Å². The third-order valence-electron chi connectivity index (χ3n) is 4.88. The minimum absolute atomic E-state index is 0.254. The van der Waals surface area contributed by atoms with E-state index < -0.39 is 0 Å². The van der Waals surface area contributed by atoms with Crippen molar-refractivity contribution in [2.24, 2.45) is 5.92 Å². The number of allylic oxidation sites excluding steroid dienone is 3. The molecule has 0 amide bonds. The zero-order chi connectivity index (χ0) is 19.6. The standard InChI is InChI=1S/C23H24BrN3/c1-15-9-7-8-12-20(15)23(26)27(22(25)18-10-5-4-6-11-18)21-16(2)13-19(24)14-17(21)3/h4-8,10-15,25-26H,9H2,1-3H3. The van der Waals surface area contributed by atoms with Crippen LogP contribution in [-0.4, -0.2) is 11.7 Å².